The summed E-state index contributed by atoms with van der Waals surface area (Å²) < 4.78 is 49.4. The summed E-state index contributed by atoms with van der Waals surface area (Å²) in [7, 11) is 0. The molecule has 0 aliphatic rings. The molecule has 1 heterocycles. The molecule has 1 aromatic heterocycles. The van der Waals surface area contributed by atoms with Gasteiger partial charge in [0.2, 0.25) is 11.2 Å². The van der Waals surface area contributed by atoms with Crippen molar-refractivity contribution < 1.29 is 32.5 Å². The van der Waals surface area contributed by atoms with Crippen LogP contribution in [0.2, 0.25) is 0 Å². The lowest BCUT2D eigenvalue weighted by Crippen LogP contribution is -2.15. The number of phenolic OH excluding ortho intramolecular Hbond substituents is 2. The van der Waals surface area contributed by atoms with E-state index in [-0.39, 0.29) is 22.6 Å². The van der Waals surface area contributed by atoms with E-state index in [1.54, 1.807) is 0 Å². The van der Waals surface area contributed by atoms with E-state index >= 15 is 0 Å². The molecule has 5 nitrogen and oxygen atoms in total. The number of benzene rings is 2. The third-order valence-corrected chi connectivity index (χ3v) is 3.15. The summed E-state index contributed by atoms with van der Waals surface area (Å²) in [6, 6.07) is 8.01. The van der Waals surface area contributed by atoms with E-state index in [0.717, 1.165) is 18.2 Å². The standard InChI is InChI=1S/C16H9F3O5/c17-16(18,19)15-14(23-10-4-1-8(20)2-5-10)13(22)11-6-3-9(21)7-12(11)24-15/h1-7,20-21H. The van der Waals surface area contributed by atoms with E-state index in [1.165, 1.54) is 24.3 Å². The topological polar surface area (TPSA) is 79.9 Å². The van der Waals surface area contributed by atoms with Crippen molar-refractivity contribution in [2.24, 2.45) is 0 Å². The number of hydrogen-bond donors (Lipinski definition) is 2. The Labute approximate surface area is 132 Å². The van der Waals surface area contributed by atoms with Crippen LogP contribution in [0.5, 0.6) is 23.0 Å². The highest BCUT2D eigenvalue weighted by atomic mass is 19.4. The predicted octanol–water partition coefficient (Wildman–Crippen LogP) is 4.02. The molecule has 124 valence electrons. The van der Waals surface area contributed by atoms with Gasteiger partial charge in [-0.3, -0.25) is 4.79 Å². The number of phenols is 2. The van der Waals surface area contributed by atoms with Crippen LogP contribution in [0.15, 0.2) is 51.7 Å². The van der Waals surface area contributed by atoms with Gasteiger partial charge < -0.3 is 19.4 Å². The molecule has 0 radical (unpaired) electrons. The first kappa shape index (κ1) is 15.7. The van der Waals surface area contributed by atoms with Gasteiger partial charge in [-0.1, -0.05) is 0 Å². The van der Waals surface area contributed by atoms with E-state index < -0.39 is 28.7 Å². The van der Waals surface area contributed by atoms with Crippen LogP contribution in [-0.2, 0) is 6.18 Å². The lowest BCUT2D eigenvalue weighted by Gasteiger charge is -2.13. The number of fused-ring (bicyclic) bond motifs is 1. The van der Waals surface area contributed by atoms with Crippen molar-refractivity contribution in [1.82, 2.24) is 0 Å². The summed E-state index contributed by atoms with van der Waals surface area (Å²) in [5, 5.41) is 18.4. The van der Waals surface area contributed by atoms with E-state index in [2.05, 4.69) is 0 Å². The summed E-state index contributed by atoms with van der Waals surface area (Å²) in [4.78, 5) is 12.4. The molecule has 0 amide bonds. The third-order valence-electron chi connectivity index (χ3n) is 3.15. The lowest BCUT2D eigenvalue weighted by molar-refractivity contribution is -0.154. The summed E-state index contributed by atoms with van der Waals surface area (Å²) in [5.41, 5.74) is -1.44. The van der Waals surface area contributed by atoms with Gasteiger partial charge in [0.25, 0.3) is 5.76 Å². The molecule has 0 fully saturated rings. The van der Waals surface area contributed by atoms with Gasteiger partial charge in [-0.15, -0.1) is 0 Å². The van der Waals surface area contributed by atoms with E-state index in [4.69, 9.17) is 9.15 Å². The molecule has 0 saturated heterocycles. The van der Waals surface area contributed by atoms with Gasteiger partial charge in [-0.05, 0) is 36.4 Å². The fourth-order valence-corrected chi connectivity index (χ4v) is 2.08. The van der Waals surface area contributed by atoms with Crippen molar-refractivity contribution in [2.75, 3.05) is 0 Å². The van der Waals surface area contributed by atoms with E-state index in [1.807, 2.05) is 0 Å². The maximum Gasteiger partial charge on any atom is 0.453 e. The normalized spacial score (nSPS) is 11.6. The monoisotopic (exact) mass is 338 g/mol. The molecule has 0 bridgehead atoms. The molecule has 0 aliphatic carbocycles. The van der Waals surface area contributed by atoms with Crippen molar-refractivity contribution in [3.05, 3.63) is 58.4 Å². The SMILES string of the molecule is O=c1c(Oc2ccc(O)cc2)c(C(F)(F)F)oc2cc(O)ccc12. The first-order valence-electron chi connectivity index (χ1n) is 6.59. The Kier molecular flexibility index (Phi) is 3.59. The van der Waals surface area contributed by atoms with E-state index in [9.17, 15) is 28.2 Å². The van der Waals surface area contributed by atoms with Crippen LogP contribution in [0.1, 0.15) is 5.76 Å². The Morgan fingerprint density at radius 1 is 0.958 bits per heavy atom. The summed E-state index contributed by atoms with van der Waals surface area (Å²) in [6.45, 7) is 0. The average molecular weight is 338 g/mol. The maximum absolute atomic E-state index is 13.2. The maximum atomic E-state index is 13.2. The first-order valence-corrected chi connectivity index (χ1v) is 6.59. The average Bonchev–Trinajstić information content (AvgIpc) is 2.50. The number of aromatic hydroxyl groups is 2. The number of halogens is 3. The van der Waals surface area contributed by atoms with E-state index in [0.29, 0.717) is 0 Å². The molecule has 0 atom stereocenters. The van der Waals surface area contributed by atoms with Crippen LogP contribution in [0.4, 0.5) is 13.2 Å². The molecule has 3 aromatic rings. The molecule has 0 saturated carbocycles. The lowest BCUT2D eigenvalue weighted by atomic mass is 10.2. The summed E-state index contributed by atoms with van der Waals surface area (Å²) in [6.07, 6.45) is -4.98. The van der Waals surface area contributed by atoms with Crippen LogP contribution in [0, 0.1) is 0 Å². The highest BCUT2D eigenvalue weighted by Gasteiger charge is 2.40. The molecular weight excluding hydrogens is 329 g/mol. The molecule has 0 unspecified atom stereocenters. The van der Waals surface area contributed by atoms with Gasteiger partial charge >= 0.3 is 6.18 Å². The molecule has 2 aromatic carbocycles. The zero-order valence-corrected chi connectivity index (χ0v) is 11.8. The quantitative estimate of drug-likeness (QED) is 0.738. The Morgan fingerprint density at radius 2 is 1.58 bits per heavy atom. The van der Waals surface area contributed by atoms with Crippen molar-refractivity contribution in [1.29, 1.82) is 0 Å². The van der Waals surface area contributed by atoms with Crippen molar-refractivity contribution >= 4 is 11.0 Å². The van der Waals surface area contributed by atoms with Crippen molar-refractivity contribution in [3.63, 3.8) is 0 Å². The predicted molar refractivity (Wildman–Crippen MR) is 77.3 cm³/mol. The smallest absolute Gasteiger partial charge is 0.453 e. The van der Waals surface area contributed by atoms with Gasteiger partial charge in [-0.25, -0.2) is 0 Å². The fourth-order valence-electron chi connectivity index (χ4n) is 2.08. The molecule has 0 aliphatic heterocycles. The largest absolute Gasteiger partial charge is 0.508 e. The van der Waals surface area contributed by atoms with Gasteiger partial charge in [0, 0.05) is 6.07 Å². The second kappa shape index (κ2) is 5.48. The Balaban J connectivity index is 2.24. The van der Waals surface area contributed by atoms with Gasteiger partial charge in [0.15, 0.2) is 0 Å². The molecule has 3 rings (SSSR count). The van der Waals surface area contributed by atoms with Crippen molar-refractivity contribution in [3.8, 4) is 23.0 Å². The molecule has 8 heteroatoms. The number of hydrogen-bond acceptors (Lipinski definition) is 5. The molecular formula is C16H9F3O5. The number of rotatable bonds is 2. The summed E-state index contributed by atoms with van der Waals surface area (Å²) in [5.74, 6) is -3.17. The van der Waals surface area contributed by atoms with Crippen LogP contribution in [0.25, 0.3) is 11.0 Å². The van der Waals surface area contributed by atoms with Crippen LogP contribution >= 0.6 is 0 Å². The third kappa shape index (κ3) is 2.85. The zero-order chi connectivity index (χ0) is 17.5. The fraction of sp³-hybridized carbons (Fsp3) is 0.0625. The van der Waals surface area contributed by atoms with Crippen LogP contribution in [0.3, 0.4) is 0 Å². The zero-order valence-electron chi connectivity index (χ0n) is 11.8. The minimum absolute atomic E-state index is 0.0799. The minimum atomic E-state index is -4.98. The second-order valence-corrected chi connectivity index (χ2v) is 4.86. The summed E-state index contributed by atoms with van der Waals surface area (Å²) >= 11 is 0. The number of ether oxygens (including phenoxy) is 1. The molecule has 0 spiro atoms. The second-order valence-electron chi connectivity index (χ2n) is 4.86. The Hall–Kier alpha value is -3.16. The first-order chi connectivity index (χ1) is 11.3. The Bertz CT molecular complexity index is 958. The van der Waals surface area contributed by atoms with Gasteiger partial charge in [-0.2, -0.15) is 13.2 Å². The molecule has 24 heavy (non-hydrogen) atoms. The minimum Gasteiger partial charge on any atom is -0.508 e. The van der Waals surface area contributed by atoms with Crippen LogP contribution in [-0.4, -0.2) is 10.2 Å². The van der Waals surface area contributed by atoms with Gasteiger partial charge in [0.1, 0.15) is 22.8 Å². The Morgan fingerprint density at radius 3 is 2.21 bits per heavy atom. The van der Waals surface area contributed by atoms with Gasteiger partial charge in [0.05, 0.1) is 5.39 Å². The highest BCUT2D eigenvalue weighted by Crippen LogP contribution is 2.38. The molecule has 2 N–H and O–H groups in total. The highest BCUT2D eigenvalue weighted by molar-refractivity contribution is 5.79. The van der Waals surface area contributed by atoms with Crippen LogP contribution < -0.4 is 10.2 Å². The number of alkyl halides is 3. The van der Waals surface area contributed by atoms with Crippen molar-refractivity contribution in [2.45, 2.75) is 6.18 Å².